The molecular weight excluding hydrogens is 100 g/mol. The monoisotopic (exact) mass is 108 g/mol. The summed E-state index contributed by atoms with van der Waals surface area (Å²) < 4.78 is 0. The van der Waals surface area contributed by atoms with Gasteiger partial charge in [-0.15, -0.1) is 0 Å². The molecule has 1 N–H and O–H groups in total. The van der Waals surface area contributed by atoms with Gasteiger partial charge in [-0.1, -0.05) is 12.2 Å². The molecule has 0 aromatic carbocycles. The van der Waals surface area contributed by atoms with Gasteiger partial charge in [-0.25, -0.2) is 0 Å². The number of nitrogens with one attached hydrogen (secondary N) is 1. The largest absolute Gasteiger partial charge is 0.298 e. The van der Waals surface area contributed by atoms with Crippen LogP contribution in [0.15, 0.2) is 12.2 Å². The summed E-state index contributed by atoms with van der Waals surface area (Å²) in [7, 11) is 0. The van der Waals surface area contributed by atoms with Crippen LogP contribution < -0.4 is 5.32 Å². The smallest absolute Gasteiger partial charge is 0.0990 e. The van der Waals surface area contributed by atoms with E-state index in [1.54, 1.807) is 0 Å². The topological polar surface area (TPSA) is 35.8 Å². The lowest BCUT2D eigenvalue weighted by Gasteiger charge is -2.10. The van der Waals surface area contributed by atoms with Crippen LogP contribution >= 0.6 is 0 Å². The second-order valence-corrected chi connectivity index (χ2v) is 1.80. The van der Waals surface area contributed by atoms with Crippen LogP contribution in [0.1, 0.15) is 6.42 Å². The molecule has 1 atom stereocenters. The fourth-order valence-electron chi connectivity index (χ4n) is 0.708. The Morgan fingerprint density at radius 2 is 2.50 bits per heavy atom. The van der Waals surface area contributed by atoms with Crippen molar-refractivity contribution in [2.45, 2.75) is 12.5 Å². The van der Waals surface area contributed by atoms with E-state index in [-0.39, 0.29) is 6.04 Å². The van der Waals surface area contributed by atoms with E-state index in [1.807, 2.05) is 12.2 Å². The van der Waals surface area contributed by atoms with E-state index < -0.39 is 0 Å². The maximum absolute atomic E-state index is 8.34. The van der Waals surface area contributed by atoms with E-state index in [0.717, 1.165) is 13.0 Å². The highest BCUT2D eigenvalue weighted by molar-refractivity contribution is 5.02. The Morgan fingerprint density at radius 3 is 2.88 bits per heavy atom. The molecule has 1 aliphatic rings. The van der Waals surface area contributed by atoms with Gasteiger partial charge in [-0.2, -0.15) is 5.26 Å². The lowest BCUT2D eigenvalue weighted by Crippen LogP contribution is -2.29. The van der Waals surface area contributed by atoms with Crippen molar-refractivity contribution in [2.24, 2.45) is 0 Å². The van der Waals surface area contributed by atoms with Gasteiger partial charge >= 0.3 is 0 Å². The van der Waals surface area contributed by atoms with Crippen LogP contribution in [-0.2, 0) is 0 Å². The molecule has 0 amide bonds. The van der Waals surface area contributed by atoms with E-state index in [9.17, 15) is 0 Å². The van der Waals surface area contributed by atoms with E-state index in [4.69, 9.17) is 5.26 Å². The molecule has 0 spiro atoms. The Kier molecular flexibility index (Phi) is 1.66. The minimum atomic E-state index is 0.0556. The minimum absolute atomic E-state index is 0.0556. The fourth-order valence-corrected chi connectivity index (χ4v) is 0.708. The zero-order chi connectivity index (χ0) is 5.82. The van der Waals surface area contributed by atoms with Crippen LogP contribution in [0.25, 0.3) is 0 Å². The summed E-state index contributed by atoms with van der Waals surface area (Å²) >= 11 is 0. The van der Waals surface area contributed by atoms with Gasteiger partial charge in [0.1, 0.15) is 0 Å². The molecule has 0 aromatic rings. The molecule has 0 aliphatic carbocycles. The molecule has 1 heterocycles. The molecule has 0 saturated carbocycles. The maximum atomic E-state index is 8.34. The van der Waals surface area contributed by atoms with Gasteiger partial charge in [0, 0.05) is 6.54 Å². The van der Waals surface area contributed by atoms with Crippen molar-refractivity contribution in [3.05, 3.63) is 12.2 Å². The summed E-state index contributed by atoms with van der Waals surface area (Å²) in [5.74, 6) is 0. The molecule has 0 saturated heterocycles. The Labute approximate surface area is 48.8 Å². The lowest BCUT2D eigenvalue weighted by atomic mass is 10.2. The van der Waals surface area contributed by atoms with Crippen molar-refractivity contribution in [2.75, 3.05) is 6.54 Å². The normalized spacial score (nSPS) is 27.1. The molecule has 1 unspecified atom stereocenters. The van der Waals surface area contributed by atoms with E-state index in [2.05, 4.69) is 11.4 Å². The molecule has 2 nitrogen and oxygen atoms in total. The Bertz CT molecular complexity index is 132. The lowest BCUT2D eigenvalue weighted by molar-refractivity contribution is 0.629. The molecule has 0 fully saturated rings. The van der Waals surface area contributed by atoms with Gasteiger partial charge in [0.15, 0.2) is 0 Å². The van der Waals surface area contributed by atoms with Crippen LogP contribution in [0.2, 0.25) is 0 Å². The zero-order valence-electron chi connectivity index (χ0n) is 4.59. The van der Waals surface area contributed by atoms with Crippen LogP contribution in [-0.4, -0.2) is 12.6 Å². The molecule has 0 bridgehead atoms. The maximum Gasteiger partial charge on any atom is 0.0990 e. The molecule has 0 radical (unpaired) electrons. The van der Waals surface area contributed by atoms with Gasteiger partial charge in [0.05, 0.1) is 12.1 Å². The molecule has 2 heteroatoms. The molecular formula is C6H8N2. The third kappa shape index (κ3) is 1.08. The first kappa shape index (κ1) is 5.33. The third-order valence-electron chi connectivity index (χ3n) is 1.18. The summed E-state index contributed by atoms with van der Waals surface area (Å²) in [5.41, 5.74) is 0. The van der Waals surface area contributed by atoms with Crippen LogP contribution in [0.4, 0.5) is 0 Å². The second kappa shape index (κ2) is 2.49. The number of hydrogen-bond donors (Lipinski definition) is 1. The van der Waals surface area contributed by atoms with E-state index in [0.29, 0.717) is 0 Å². The zero-order valence-corrected chi connectivity index (χ0v) is 4.59. The number of nitriles is 1. The number of hydrogen-bond acceptors (Lipinski definition) is 2. The summed E-state index contributed by atoms with van der Waals surface area (Å²) in [5, 5.41) is 11.4. The molecule has 8 heavy (non-hydrogen) atoms. The molecule has 42 valence electrons. The second-order valence-electron chi connectivity index (χ2n) is 1.80. The van der Waals surface area contributed by atoms with Crippen molar-refractivity contribution in [1.29, 1.82) is 5.26 Å². The van der Waals surface area contributed by atoms with Crippen LogP contribution in [0, 0.1) is 11.3 Å². The summed E-state index contributed by atoms with van der Waals surface area (Å²) in [4.78, 5) is 0. The highest BCUT2D eigenvalue weighted by Crippen LogP contribution is 1.95. The van der Waals surface area contributed by atoms with Crippen molar-refractivity contribution in [3.8, 4) is 6.07 Å². The average molecular weight is 108 g/mol. The summed E-state index contributed by atoms with van der Waals surface area (Å²) in [6, 6.07) is 2.20. The van der Waals surface area contributed by atoms with Gasteiger partial charge in [-0.05, 0) is 6.42 Å². The van der Waals surface area contributed by atoms with Crippen molar-refractivity contribution < 1.29 is 0 Å². The van der Waals surface area contributed by atoms with Crippen molar-refractivity contribution >= 4 is 0 Å². The van der Waals surface area contributed by atoms with E-state index >= 15 is 0 Å². The predicted octanol–water partition coefficient (Wildman–Crippen LogP) is 0.428. The standard InChI is InChI=1S/C6H8N2/c7-5-6-3-1-2-4-8-6/h1-2,6,8H,3-4H2. The van der Waals surface area contributed by atoms with Gasteiger partial charge in [-0.3, -0.25) is 5.32 Å². The Morgan fingerprint density at radius 1 is 1.62 bits per heavy atom. The SMILES string of the molecule is N#CC1CC=CCN1. The third-order valence-corrected chi connectivity index (χ3v) is 1.18. The van der Waals surface area contributed by atoms with Crippen molar-refractivity contribution in [1.82, 2.24) is 5.32 Å². The van der Waals surface area contributed by atoms with Crippen molar-refractivity contribution in [3.63, 3.8) is 0 Å². The van der Waals surface area contributed by atoms with Crippen LogP contribution in [0.5, 0.6) is 0 Å². The number of nitrogens with zero attached hydrogens (tertiary/aromatic N) is 1. The first-order valence-corrected chi connectivity index (χ1v) is 2.71. The first-order valence-electron chi connectivity index (χ1n) is 2.71. The minimum Gasteiger partial charge on any atom is -0.298 e. The van der Waals surface area contributed by atoms with E-state index in [1.165, 1.54) is 0 Å². The van der Waals surface area contributed by atoms with Gasteiger partial charge < -0.3 is 0 Å². The fraction of sp³-hybridized carbons (Fsp3) is 0.500. The van der Waals surface area contributed by atoms with Crippen LogP contribution in [0.3, 0.4) is 0 Å². The van der Waals surface area contributed by atoms with Gasteiger partial charge in [0.2, 0.25) is 0 Å². The average Bonchev–Trinajstić information content (AvgIpc) is 1.90. The van der Waals surface area contributed by atoms with Gasteiger partial charge in [0.25, 0.3) is 0 Å². The number of rotatable bonds is 0. The highest BCUT2D eigenvalue weighted by Gasteiger charge is 2.04. The summed E-state index contributed by atoms with van der Waals surface area (Å²) in [6.45, 7) is 0.845. The highest BCUT2D eigenvalue weighted by atomic mass is 14.9. The Hall–Kier alpha value is -0.810. The summed E-state index contributed by atoms with van der Waals surface area (Å²) in [6.07, 6.45) is 4.93. The Balaban J connectivity index is 2.41. The predicted molar refractivity (Wildman–Crippen MR) is 31.2 cm³/mol. The quantitative estimate of drug-likeness (QED) is 0.457. The molecule has 1 rings (SSSR count). The molecule has 0 aromatic heterocycles. The first-order chi connectivity index (χ1) is 3.93. The molecule has 1 aliphatic heterocycles.